The topological polar surface area (TPSA) is 3.24 Å². The predicted octanol–water partition coefficient (Wildman–Crippen LogP) is 2.35. The molecule has 0 spiro atoms. The molecule has 1 nitrogen and oxygen atoms in total. The first-order valence-electron chi connectivity index (χ1n) is 4.52. The Labute approximate surface area is 74.7 Å². The molecular formula is C9H18ClN. The van der Waals surface area contributed by atoms with Crippen molar-refractivity contribution in [1.29, 1.82) is 0 Å². The monoisotopic (exact) mass is 175 g/mol. The van der Waals surface area contributed by atoms with E-state index in [1.165, 1.54) is 12.8 Å². The average molecular weight is 176 g/mol. The third kappa shape index (κ3) is 3.00. The molecular weight excluding hydrogens is 158 g/mol. The summed E-state index contributed by atoms with van der Waals surface area (Å²) in [5.41, 5.74) is 0. The van der Waals surface area contributed by atoms with E-state index in [0.29, 0.717) is 0 Å². The molecule has 11 heavy (non-hydrogen) atoms. The van der Waals surface area contributed by atoms with Crippen LogP contribution < -0.4 is 0 Å². The highest BCUT2D eigenvalue weighted by molar-refractivity contribution is 6.17. The fourth-order valence-electron chi connectivity index (χ4n) is 1.45. The number of halogens is 1. The lowest BCUT2D eigenvalue weighted by atomic mass is 10.2. The van der Waals surface area contributed by atoms with Crippen LogP contribution in [0.5, 0.6) is 0 Å². The quantitative estimate of drug-likeness (QED) is 0.580. The predicted molar refractivity (Wildman–Crippen MR) is 50.2 cm³/mol. The van der Waals surface area contributed by atoms with Crippen LogP contribution in [-0.2, 0) is 0 Å². The molecule has 1 fully saturated rings. The Hall–Kier alpha value is 0.250. The maximum Gasteiger partial charge on any atom is 0.0235 e. The van der Waals surface area contributed by atoms with Crippen LogP contribution in [0.15, 0.2) is 0 Å². The molecule has 0 aliphatic heterocycles. The van der Waals surface area contributed by atoms with Gasteiger partial charge in [0.05, 0.1) is 0 Å². The molecule has 1 aliphatic carbocycles. The fraction of sp³-hybridized carbons (Fsp3) is 1.00. The summed E-state index contributed by atoms with van der Waals surface area (Å²) in [6.45, 7) is 3.48. The van der Waals surface area contributed by atoms with Crippen molar-refractivity contribution in [2.45, 2.75) is 32.2 Å². The van der Waals surface area contributed by atoms with E-state index in [4.69, 9.17) is 11.6 Å². The lowest BCUT2D eigenvalue weighted by Gasteiger charge is -2.23. The molecule has 1 unspecified atom stereocenters. The van der Waals surface area contributed by atoms with E-state index in [2.05, 4.69) is 18.9 Å². The van der Waals surface area contributed by atoms with Gasteiger partial charge in [-0.3, -0.25) is 0 Å². The van der Waals surface area contributed by atoms with Gasteiger partial charge in [-0.15, -0.1) is 11.6 Å². The molecule has 0 saturated heterocycles. The molecule has 0 aromatic carbocycles. The Morgan fingerprint density at radius 2 is 2.18 bits per heavy atom. The Morgan fingerprint density at radius 3 is 2.64 bits per heavy atom. The molecule has 0 aromatic heterocycles. The summed E-state index contributed by atoms with van der Waals surface area (Å²) in [6.07, 6.45) is 3.99. The number of hydrogen-bond donors (Lipinski definition) is 0. The number of rotatable bonds is 5. The number of nitrogens with zero attached hydrogens (tertiary/aromatic N) is 1. The van der Waals surface area contributed by atoms with E-state index in [1.807, 2.05) is 0 Å². The van der Waals surface area contributed by atoms with Gasteiger partial charge in [0, 0.05) is 11.9 Å². The van der Waals surface area contributed by atoms with E-state index in [9.17, 15) is 0 Å². The third-order valence-corrected chi connectivity index (χ3v) is 2.91. The van der Waals surface area contributed by atoms with Crippen LogP contribution in [0.4, 0.5) is 0 Å². The second kappa shape index (κ2) is 4.32. The van der Waals surface area contributed by atoms with Crippen LogP contribution in [0.3, 0.4) is 0 Å². The summed E-state index contributed by atoms with van der Waals surface area (Å²) in [7, 11) is 2.20. The van der Waals surface area contributed by atoms with Crippen LogP contribution in [0.25, 0.3) is 0 Å². The van der Waals surface area contributed by atoms with Gasteiger partial charge in [-0.25, -0.2) is 0 Å². The van der Waals surface area contributed by atoms with Crippen molar-refractivity contribution >= 4 is 11.6 Å². The molecule has 1 saturated carbocycles. The van der Waals surface area contributed by atoms with Gasteiger partial charge < -0.3 is 4.90 Å². The van der Waals surface area contributed by atoms with E-state index in [-0.39, 0.29) is 0 Å². The lowest BCUT2D eigenvalue weighted by Crippen LogP contribution is -2.31. The molecule has 0 aromatic rings. The molecule has 0 heterocycles. The first-order chi connectivity index (χ1) is 5.25. The highest BCUT2D eigenvalue weighted by atomic mass is 35.5. The summed E-state index contributed by atoms with van der Waals surface area (Å²) in [4.78, 5) is 2.43. The van der Waals surface area contributed by atoms with Gasteiger partial charge in [-0.2, -0.15) is 0 Å². The Bertz CT molecular complexity index is 112. The molecule has 2 heteroatoms. The van der Waals surface area contributed by atoms with Crippen LogP contribution >= 0.6 is 11.6 Å². The van der Waals surface area contributed by atoms with Crippen LogP contribution in [0, 0.1) is 5.92 Å². The van der Waals surface area contributed by atoms with Crippen molar-refractivity contribution in [2.24, 2.45) is 5.92 Å². The van der Waals surface area contributed by atoms with Crippen molar-refractivity contribution in [3.8, 4) is 0 Å². The molecule has 0 N–H and O–H groups in total. The molecule has 1 rings (SSSR count). The standard InChI is InChI=1S/C9H18ClN/c1-8(9-4-5-9)11(2)7-3-6-10/h8-9H,3-7H2,1-2H3. The minimum atomic E-state index is 0.776. The minimum Gasteiger partial charge on any atom is -0.303 e. The van der Waals surface area contributed by atoms with Gasteiger partial charge in [0.25, 0.3) is 0 Å². The van der Waals surface area contributed by atoms with Crippen molar-refractivity contribution in [1.82, 2.24) is 4.90 Å². The van der Waals surface area contributed by atoms with Gasteiger partial charge in [0.1, 0.15) is 0 Å². The smallest absolute Gasteiger partial charge is 0.0235 e. The van der Waals surface area contributed by atoms with Crippen molar-refractivity contribution in [3.05, 3.63) is 0 Å². The van der Waals surface area contributed by atoms with E-state index in [0.717, 1.165) is 30.8 Å². The number of hydrogen-bond acceptors (Lipinski definition) is 1. The summed E-state index contributed by atoms with van der Waals surface area (Å²) < 4.78 is 0. The van der Waals surface area contributed by atoms with Crippen LogP contribution in [0.1, 0.15) is 26.2 Å². The highest BCUT2D eigenvalue weighted by Gasteiger charge is 2.29. The van der Waals surface area contributed by atoms with E-state index >= 15 is 0 Å². The van der Waals surface area contributed by atoms with Gasteiger partial charge in [-0.05, 0) is 45.7 Å². The molecule has 66 valence electrons. The summed E-state index contributed by atoms with van der Waals surface area (Å²) >= 11 is 5.62. The second-order valence-electron chi connectivity index (χ2n) is 3.60. The second-order valence-corrected chi connectivity index (χ2v) is 3.98. The van der Waals surface area contributed by atoms with Crippen LogP contribution in [-0.4, -0.2) is 30.4 Å². The van der Waals surface area contributed by atoms with E-state index in [1.54, 1.807) is 0 Å². The van der Waals surface area contributed by atoms with Gasteiger partial charge in [-0.1, -0.05) is 0 Å². The zero-order valence-electron chi connectivity index (χ0n) is 7.52. The van der Waals surface area contributed by atoms with Gasteiger partial charge in [0.2, 0.25) is 0 Å². The molecule has 0 bridgehead atoms. The molecule has 1 atom stereocenters. The first-order valence-corrected chi connectivity index (χ1v) is 5.05. The summed E-state index contributed by atoms with van der Waals surface area (Å²) in [5.74, 6) is 1.78. The maximum atomic E-state index is 5.62. The molecule has 0 amide bonds. The van der Waals surface area contributed by atoms with Crippen LogP contribution in [0.2, 0.25) is 0 Å². The average Bonchev–Trinajstić information content (AvgIpc) is 2.81. The zero-order valence-corrected chi connectivity index (χ0v) is 8.27. The Morgan fingerprint density at radius 1 is 1.55 bits per heavy atom. The third-order valence-electron chi connectivity index (χ3n) is 2.64. The normalized spacial score (nSPS) is 20.7. The SMILES string of the molecule is CC(C1CC1)N(C)CCCCl. The molecule has 1 aliphatic rings. The van der Waals surface area contributed by atoms with E-state index < -0.39 is 0 Å². The van der Waals surface area contributed by atoms with Crippen molar-refractivity contribution < 1.29 is 0 Å². The van der Waals surface area contributed by atoms with Crippen molar-refractivity contribution in [3.63, 3.8) is 0 Å². The Kier molecular flexibility index (Phi) is 3.67. The Balaban J connectivity index is 2.11. The first kappa shape index (κ1) is 9.34. The van der Waals surface area contributed by atoms with Gasteiger partial charge >= 0.3 is 0 Å². The summed E-state index contributed by atoms with van der Waals surface area (Å²) in [6, 6.07) is 0.776. The molecule has 0 radical (unpaired) electrons. The lowest BCUT2D eigenvalue weighted by molar-refractivity contribution is 0.235. The summed E-state index contributed by atoms with van der Waals surface area (Å²) in [5, 5.41) is 0. The maximum absolute atomic E-state index is 5.62. The minimum absolute atomic E-state index is 0.776. The number of alkyl halides is 1. The largest absolute Gasteiger partial charge is 0.303 e. The zero-order chi connectivity index (χ0) is 8.27. The van der Waals surface area contributed by atoms with Gasteiger partial charge in [0.15, 0.2) is 0 Å². The highest BCUT2D eigenvalue weighted by Crippen LogP contribution is 2.34. The van der Waals surface area contributed by atoms with Crippen molar-refractivity contribution in [2.75, 3.05) is 19.5 Å². The fourth-order valence-corrected chi connectivity index (χ4v) is 1.57.